The number of phenolic OH excluding ortho intramolecular Hbond substituents is 1. The second-order valence-electron chi connectivity index (χ2n) is 9.95. The van der Waals surface area contributed by atoms with Crippen molar-refractivity contribution >= 4 is 46.0 Å². The molecule has 1 saturated carbocycles. The molecule has 0 bridgehead atoms. The third-order valence-corrected chi connectivity index (χ3v) is 7.73. The van der Waals surface area contributed by atoms with Gasteiger partial charge in [-0.15, -0.1) is 0 Å². The highest BCUT2D eigenvalue weighted by Crippen LogP contribution is 2.51. The van der Waals surface area contributed by atoms with Crippen LogP contribution in [0.25, 0.3) is 22.0 Å². The van der Waals surface area contributed by atoms with Crippen molar-refractivity contribution in [2.45, 2.75) is 30.7 Å². The van der Waals surface area contributed by atoms with Gasteiger partial charge in [-0.25, -0.2) is 4.98 Å². The van der Waals surface area contributed by atoms with Gasteiger partial charge in [0.15, 0.2) is 11.5 Å². The van der Waals surface area contributed by atoms with E-state index in [0.29, 0.717) is 11.8 Å². The summed E-state index contributed by atoms with van der Waals surface area (Å²) in [7, 11) is 1.49. The first-order chi connectivity index (χ1) is 18.5. The average Bonchev–Trinajstić information content (AvgIpc) is 3.57. The first-order valence-corrected chi connectivity index (χ1v) is 13.0. The fourth-order valence-corrected chi connectivity index (χ4v) is 5.26. The van der Waals surface area contributed by atoms with Gasteiger partial charge in [-0.2, -0.15) is 0 Å². The summed E-state index contributed by atoms with van der Waals surface area (Å²) in [5, 5.41) is 21.6. The Bertz CT molecular complexity index is 1520. The zero-order chi connectivity index (χ0) is 26.3. The van der Waals surface area contributed by atoms with Gasteiger partial charge in [-0.05, 0) is 73.3 Å². The Hall–Kier alpha value is -3.88. The van der Waals surface area contributed by atoms with E-state index in [9.17, 15) is 9.90 Å². The number of fused-ring (bicyclic) bond motifs is 1. The lowest BCUT2D eigenvalue weighted by Crippen LogP contribution is -2.22. The molecule has 194 valence electrons. The molecule has 4 N–H and O–H groups in total. The smallest absolute Gasteiger partial charge is 0.176 e. The van der Waals surface area contributed by atoms with E-state index in [0.717, 1.165) is 83.4 Å². The van der Waals surface area contributed by atoms with Crippen molar-refractivity contribution in [2.75, 3.05) is 30.8 Å². The summed E-state index contributed by atoms with van der Waals surface area (Å²) in [6, 6.07) is 13.7. The number of hydrogen-bond donors (Lipinski definition) is 4. The van der Waals surface area contributed by atoms with Crippen LogP contribution in [0, 0.1) is 0 Å². The zero-order valence-electron chi connectivity index (χ0n) is 20.9. The first-order valence-electron chi connectivity index (χ1n) is 12.7. The molecule has 8 nitrogen and oxygen atoms in total. The number of aldehydes is 1. The van der Waals surface area contributed by atoms with Gasteiger partial charge in [-0.1, -0.05) is 17.7 Å². The standard InChI is InChI=1S/C29H28ClN5O3/c1-38-25-12-18(11-23(30)28(25)37)17-2-4-24-21(10-17)27(22(15-32-24)29(16-36)7-8-29)35-19-3-5-26(33-14-19)34-20-6-9-31-13-20/h2-5,10-12,14-16,20,31,37H,6-9,13H2,1H3,(H,32,35)(H,33,34). The lowest BCUT2D eigenvalue weighted by atomic mass is 9.93. The normalized spacial score (nSPS) is 17.8. The number of methoxy groups -OCH3 is 1. The van der Waals surface area contributed by atoms with E-state index in [1.807, 2.05) is 36.5 Å². The van der Waals surface area contributed by atoms with E-state index in [1.54, 1.807) is 18.3 Å². The van der Waals surface area contributed by atoms with Crippen molar-refractivity contribution in [3.8, 4) is 22.6 Å². The second kappa shape index (κ2) is 9.78. The van der Waals surface area contributed by atoms with Crippen LogP contribution in [0.3, 0.4) is 0 Å². The van der Waals surface area contributed by atoms with Gasteiger partial charge >= 0.3 is 0 Å². The topological polar surface area (TPSA) is 108 Å². The number of nitrogens with zero attached hydrogens (tertiary/aromatic N) is 2. The monoisotopic (exact) mass is 529 g/mol. The van der Waals surface area contributed by atoms with Crippen LogP contribution >= 0.6 is 11.6 Å². The minimum atomic E-state index is -0.533. The Morgan fingerprint density at radius 1 is 1.13 bits per heavy atom. The molecule has 2 aliphatic rings. The third kappa shape index (κ3) is 4.50. The molecule has 0 radical (unpaired) electrons. The summed E-state index contributed by atoms with van der Waals surface area (Å²) in [5.74, 6) is 1.03. The van der Waals surface area contributed by atoms with Gasteiger partial charge in [0.05, 0.1) is 40.6 Å². The highest BCUT2D eigenvalue weighted by atomic mass is 35.5. The fourth-order valence-electron chi connectivity index (χ4n) is 5.05. The van der Waals surface area contributed by atoms with E-state index in [-0.39, 0.29) is 10.8 Å². The summed E-state index contributed by atoms with van der Waals surface area (Å²) in [6.07, 6.45) is 7.30. The quantitative estimate of drug-likeness (QED) is 0.224. The molecule has 4 aromatic rings. The number of pyridine rings is 2. The average molecular weight is 530 g/mol. The maximum atomic E-state index is 12.1. The van der Waals surface area contributed by atoms with Crippen LogP contribution in [0.5, 0.6) is 11.5 Å². The van der Waals surface area contributed by atoms with Crippen LogP contribution in [0.15, 0.2) is 54.9 Å². The molecule has 1 aliphatic heterocycles. The first kappa shape index (κ1) is 24.5. The number of nitrogens with one attached hydrogen (secondary N) is 3. The van der Waals surface area contributed by atoms with Crippen molar-refractivity contribution in [2.24, 2.45) is 0 Å². The maximum absolute atomic E-state index is 12.1. The van der Waals surface area contributed by atoms with E-state index < -0.39 is 5.41 Å². The number of carbonyl (C=O) groups excluding carboxylic acids is 1. The van der Waals surface area contributed by atoms with Crippen molar-refractivity contribution in [1.82, 2.24) is 15.3 Å². The fraction of sp³-hybridized carbons (Fsp3) is 0.276. The van der Waals surface area contributed by atoms with Gasteiger partial charge in [0.1, 0.15) is 12.1 Å². The SMILES string of the molecule is COc1cc(-c2ccc3ncc(C4(C=O)CC4)c(Nc4ccc(NC5CCNC5)nc4)c3c2)cc(Cl)c1O. The van der Waals surface area contributed by atoms with E-state index in [2.05, 4.69) is 25.9 Å². The largest absolute Gasteiger partial charge is 0.503 e. The lowest BCUT2D eigenvalue weighted by Gasteiger charge is -2.19. The number of anilines is 3. The molecule has 1 aliphatic carbocycles. The Balaban J connectivity index is 1.42. The van der Waals surface area contributed by atoms with Gasteiger partial charge < -0.3 is 30.6 Å². The van der Waals surface area contributed by atoms with Gasteiger partial charge in [0, 0.05) is 29.7 Å². The number of benzene rings is 2. The molecule has 0 spiro atoms. The van der Waals surface area contributed by atoms with Crippen molar-refractivity contribution in [1.29, 1.82) is 0 Å². The molecule has 2 aromatic heterocycles. The molecule has 9 heteroatoms. The second-order valence-corrected chi connectivity index (χ2v) is 10.4. The van der Waals surface area contributed by atoms with Gasteiger partial charge in [0.2, 0.25) is 0 Å². The van der Waals surface area contributed by atoms with Crippen LogP contribution in [-0.2, 0) is 10.2 Å². The van der Waals surface area contributed by atoms with Crippen molar-refractivity contribution in [3.05, 3.63) is 65.4 Å². The molecule has 1 atom stereocenters. The van der Waals surface area contributed by atoms with E-state index >= 15 is 0 Å². The molecular formula is C29H28ClN5O3. The van der Waals surface area contributed by atoms with Gasteiger partial charge in [0.25, 0.3) is 0 Å². The third-order valence-electron chi connectivity index (χ3n) is 7.45. The summed E-state index contributed by atoms with van der Waals surface area (Å²) in [5.41, 5.74) is 4.44. The molecule has 1 saturated heterocycles. The Labute approximate surface area is 225 Å². The molecule has 2 aromatic carbocycles. The molecular weight excluding hydrogens is 502 g/mol. The van der Waals surface area contributed by atoms with Crippen molar-refractivity contribution < 1.29 is 14.6 Å². The molecule has 0 amide bonds. The molecule has 2 fully saturated rings. The molecule has 38 heavy (non-hydrogen) atoms. The maximum Gasteiger partial charge on any atom is 0.176 e. The number of carbonyl (C=O) groups is 1. The lowest BCUT2D eigenvalue weighted by molar-refractivity contribution is -0.109. The number of halogens is 1. The van der Waals surface area contributed by atoms with Crippen molar-refractivity contribution in [3.63, 3.8) is 0 Å². The summed E-state index contributed by atoms with van der Waals surface area (Å²) in [6.45, 7) is 1.95. The molecule has 3 heterocycles. The number of hydrogen-bond acceptors (Lipinski definition) is 8. The molecule has 1 unspecified atom stereocenters. The van der Waals surface area contributed by atoms with Crippen LogP contribution in [0.4, 0.5) is 17.2 Å². The number of aromatic nitrogens is 2. The Morgan fingerprint density at radius 3 is 2.68 bits per heavy atom. The minimum Gasteiger partial charge on any atom is -0.503 e. The number of phenols is 1. The highest BCUT2D eigenvalue weighted by molar-refractivity contribution is 6.32. The summed E-state index contributed by atoms with van der Waals surface area (Å²) < 4.78 is 5.30. The number of rotatable bonds is 8. The number of aromatic hydroxyl groups is 1. The highest BCUT2D eigenvalue weighted by Gasteiger charge is 2.46. The summed E-state index contributed by atoms with van der Waals surface area (Å²) in [4.78, 5) is 21.4. The van der Waals surface area contributed by atoms with E-state index in [1.165, 1.54) is 7.11 Å². The minimum absolute atomic E-state index is 0.0960. The zero-order valence-corrected chi connectivity index (χ0v) is 21.7. The van der Waals surface area contributed by atoms with Gasteiger partial charge in [-0.3, -0.25) is 4.98 Å². The van der Waals surface area contributed by atoms with E-state index in [4.69, 9.17) is 16.3 Å². The molecule has 6 rings (SSSR count). The number of ether oxygens (including phenoxy) is 1. The Morgan fingerprint density at radius 2 is 2.00 bits per heavy atom. The van der Waals surface area contributed by atoms with Crippen LogP contribution in [0.1, 0.15) is 24.8 Å². The summed E-state index contributed by atoms with van der Waals surface area (Å²) >= 11 is 6.27. The predicted molar refractivity (Wildman–Crippen MR) is 150 cm³/mol. The van der Waals surface area contributed by atoms with Crippen LogP contribution in [0.2, 0.25) is 5.02 Å². The Kier molecular flexibility index (Phi) is 6.29. The predicted octanol–water partition coefficient (Wildman–Crippen LogP) is 5.41. The van der Waals surface area contributed by atoms with Crippen LogP contribution < -0.4 is 20.7 Å². The van der Waals surface area contributed by atoms with Crippen LogP contribution in [-0.4, -0.2) is 47.6 Å².